The summed E-state index contributed by atoms with van der Waals surface area (Å²) >= 11 is 1.76. The number of carbonyl (C=O) groups is 1. The van der Waals surface area contributed by atoms with Crippen LogP contribution in [0.3, 0.4) is 0 Å². The van der Waals surface area contributed by atoms with Crippen LogP contribution in [0.1, 0.15) is 25.0 Å². The third kappa shape index (κ3) is 3.57. The standard InChI is InChI=1S/C21H20O2S/c1-4-15-5-8-17(9-6-15)20-12-18-10-7-16(11-19(18)24-20)13-23-21(22)14(2)3/h5-12H,2,4,13H2,1,3H3. The molecule has 24 heavy (non-hydrogen) atoms. The number of hydrogen-bond donors (Lipinski definition) is 0. The molecule has 0 aliphatic carbocycles. The van der Waals surface area contributed by atoms with Crippen LogP contribution in [-0.2, 0) is 22.6 Å². The minimum absolute atomic E-state index is 0.278. The Morgan fingerprint density at radius 3 is 2.46 bits per heavy atom. The van der Waals surface area contributed by atoms with Crippen LogP contribution in [0.2, 0.25) is 0 Å². The fourth-order valence-corrected chi connectivity index (χ4v) is 3.62. The van der Waals surface area contributed by atoms with E-state index in [1.807, 2.05) is 6.07 Å². The number of aryl methyl sites for hydroxylation is 1. The molecule has 1 aromatic heterocycles. The molecular formula is C21H20O2S. The summed E-state index contributed by atoms with van der Waals surface area (Å²) < 4.78 is 6.42. The van der Waals surface area contributed by atoms with E-state index in [1.165, 1.54) is 26.1 Å². The highest BCUT2D eigenvalue weighted by Gasteiger charge is 2.07. The topological polar surface area (TPSA) is 26.3 Å². The van der Waals surface area contributed by atoms with Crippen molar-refractivity contribution in [2.75, 3.05) is 0 Å². The molecule has 0 amide bonds. The molecule has 0 N–H and O–H groups in total. The average molecular weight is 336 g/mol. The number of esters is 1. The van der Waals surface area contributed by atoms with Gasteiger partial charge in [-0.15, -0.1) is 11.3 Å². The first-order valence-electron chi connectivity index (χ1n) is 8.01. The Labute approximate surface area is 146 Å². The first kappa shape index (κ1) is 16.5. The molecule has 3 heteroatoms. The summed E-state index contributed by atoms with van der Waals surface area (Å²) in [5.74, 6) is -0.349. The lowest BCUT2D eigenvalue weighted by atomic mass is 10.1. The van der Waals surface area contributed by atoms with Gasteiger partial charge in [-0.1, -0.05) is 49.9 Å². The van der Waals surface area contributed by atoms with Crippen molar-refractivity contribution in [1.82, 2.24) is 0 Å². The molecule has 3 aromatic rings. The van der Waals surface area contributed by atoms with E-state index in [0.717, 1.165) is 12.0 Å². The molecular weight excluding hydrogens is 316 g/mol. The van der Waals surface area contributed by atoms with Crippen LogP contribution in [0.25, 0.3) is 20.5 Å². The van der Waals surface area contributed by atoms with E-state index >= 15 is 0 Å². The molecule has 0 saturated carbocycles. The highest BCUT2D eigenvalue weighted by atomic mass is 32.1. The zero-order chi connectivity index (χ0) is 17.1. The maximum absolute atomic E-state index is 11.5. The van der Waals surface area contributed by atoms with Crippen molar-refractivity contribution < 1.29 is 9.53 Å². The highest BCUT2D eigenvalue weighted by Crippen LogP contribution is 2.34. The summed E-state index contributed by atoms with van der Waals surface area (Å²) in [7, 11) is 0. The van der Waals surface area contributed by atoms with Gasteiger partial charge in [-0.3, -0.25) is 0 Å². The lowest BCUT2D eigenvalue weighted by Gasteiger charge is -2.04. The van der Waals surface area contributed by atoms with Crippen molar-refractivity contribution >= 4 is 27.4 Å². The maximum atomic E-state index is 11.5. The van der Waals surface area contributed by atoms with Gasteiger partial charge in [-0.2, -0.15) is 0 Å². The Kier molecular flexibility index (Phi) is 4.81. The van der Waals surface area contributed by atoms with Crippen LogP contribution in [-0.4, -0.2) is 5.97 Å². The number of fused-ring (bicyclic) bond motifs is 1. The molecule has 2 aromatic carbocycles. The third-order valence-electron chi connectivity index (χ3n) is 3.95. The van der Waals surface area contributed by atoms with E-state index in [2.05, 4.69) is 56.0 Å². The van der Waals surface area contributed by atoms with E-state index < -0.39 is 0 Å². The molecule has 0 bridgehead atoms. The molecule has 0 atom stereocenters. The van der Waals surface area contributed by atoms with E-state index in [1.54, 1.807) is 18.3 Å². The molecule has 0 fully saturated rings. The van der Waals surface area contributed by atoms with Crippen molar-refractivity contribution in [3.8, 4) is 10.4 Å². The summed E-state index contributed by atoms with van der Waals surface area (Å²) in [4.78, 5) is 12.8. The Morgan fingerprint density at radius 1 is 1.08 bits per heavy atom. The van der Waals surface area contributed by atoms with Crippen LogP contribution in [0.5, 0.6) is 0 Å². The fraction of sp³-hybridized carbons (Fsp3) is 0.190. The lowest BCUT2D eigenvalue weighted by molar-refractivity contribution is -0.140. The number of rotatable bonds is 5. The van der Waals surface area contributed by atoms with Crippen LogP contribution in [0, 0.1) is 0 Å². The van der Waals surface area contributed by atoms with Gasteiger partial charge in [0.05, 0.1) is 0 Å². The molecule has 0 aliphatic rings. The lowest BCUT2D eigenvalue weighted by Crippen LogP contribution is -2.04. The van der Waals surface area contributed by atoms with Gasteiger partial charge in [-0.05, 0) is 47.6 Å². The zero-order valence-corrected chi connectivity index (χ0v) is 14.8. The van der Waals surface area contributed by atoms with Crippen molar-refractivity contribution in [2.45, 2.75) is 26.9 Å². The number of ether oxygens (including phenoxy) is 1. The molecule has 0 aliphatic heterocycles. The van der Waals surface area contributed by atoms with Crippen molar-refractivity contribution in [2.24, 2.45) is 0 Å². The fourth-order valence-electron chi connectivity index (χ4n) is 2.48. The van der Waals surface area contributed by atoms with E-state index in [9.17, 15) is 4.79 Å². The van der Waals surface area contributed by atoms with Gasteiger partial charge < -0.3 is 4.74 Å². The van der Waals surface area contributed by atoms with E-state index in [-0.39, 0.29) is 12.6 Å². The first-order valence-corrected chi connectivity index (χ1v) is 8.83. The summed E-state index contributed by atoms with van der Waals surface area (Å²) in [5.41, 5.74) is 4.00. The molecule has 0 radical (unpaired) electrons. The number of carbonyl (C=O) groups excluding carboxylic acids is 1. The third-order valence-corrected chi connectivity index (χ3v) is 5.10. The quantitative estimate of drug-likeness (QED) is 0.438. The van der Waals surface area contributed by atoms with Crippen LogP contribution in [0.15, 0.2) is 60.7 Å². The van der Waals surface area contributed by atoms with Crippen molar-refractivity contribution in [1.29, 1.82) is 0 Å². The molecule has 0 unspecified atom stereocenters. The van der Waals surface area contributed by atoms with Crippen LogP contribution >= 0.6 is 11.3 Å². The predicted octanol–water partition coefficient (Wildman–Crippen LogP) is 5.75. The minimum Gasteiger partial charge on any atom is -0.457 e. The van der Waals surface area contributed by atoms with Gasteiger partial charge in [0, 0.05) is 15.2 Å². The van der Waals surface area contributed by atoms with Gasteiger partial charge in [-0.25, -0.2) is 4.79 Å². The molecule has 2 nitrogen and oxygen atoms in total. The summed E-state index contributed by atoms with van der Waals surface area (Å²) in [6.07, 6.45) is 1.05. The molecule has 0 saturated heterocycles. The monoisotopic (exact) mass is 336 g/mol. The smallest absolute Gasteiger partial charge is 0.333 e. The Morgan fingerprint density at radius 2 is 1.79 bits per heavy atom. The minimum atomic E-state index is -0.349. The normalized spacial score (nSPS) is 10.8. The molecule has 1 heterocycles. The Balaban J connectivity index is 1.83. The van der Waals surface area contributed by atoms with Gasteiger partial charge in [0.2, 0.25) is 0 Å². The average Bonchev–Trinajstić information content (AvgIpc) is 3.02. The van der Waals surface area contributed by atoms with Gasteiger partial charge in [0.1, 0.15) is 6.61 Å². The van der Waals surface area contributed by atoms with Crippen LogP contribution < -0.4 is 0 Å². The Hall–Kier alpha value is -2.39. The summed E-state index contributed by atoms with van der Waals surface area (Å²) in [5, 5.41) is 1.21. The molecule has 0 spiro atoms. The molecule has 122 valence electrons. The predicted molar refractivity (Wildman–Crippen MR) is 101 cm³/mol. The van der Waals surface area contributed by atoms with Crippen molar-refractivity contribution in [3.63, 3.8) is 0 Å². The van der Waals surface area contributed by atoms with Crippen molar-refractivity contribution in [3.05, 3.63) is 71.8 Å². The largest absolute Gasteiger partial charge is 0.457 e. The summed E-state index contributed by atoms with van der Waals surface area (Å²) in [6, 6.07) is 17.1. The number of thiophene rings is 1. The zero-order valence-electron chi connectivity index (χ0n) is 14.0. The molecule has 3 rings (SSSR count). The number of benzene rings is 2. The second-order valence-electron chi connectivity index (χ2n) is 5.89. The SMILES string of the molecule is C=C(C)C(=O)OCc1ccc2cc(-c3ccc(CC)cc3)sc2c1. The van der Waals surface area contributed by atoms with Crippen LogP contribution in [0.4, 0.5) is 0 Å². The first-order chi connectivity index (χ1) is 11.6. The van der Waals surface area contributed by atoms with E-state index in [4.69, 9.17) is 4.74 Å². The maximum Gasteiger partial charge on any atom is 0.333 e. The van der Waals surface area contributed by atoms with Gasteiger partial charge in [0.15, 0.2) is 0 Å². The summed E-state index contributed by atoms with van der Waals surface area (Å²) in [6.45, 7) is 7.69. The second-order valence-corrected chi connectivity index (χ2v) is 6.97. The van der Waals surface area contributed by atoms with Gasteiger partial charge >= 0.3 is 5.97 Å². The Bertz CT molecular complexity index is 888. The second kappa shape index (κ2) is 7.02. The van der Waals surface area contributed by atoms with Gasteiger partial charge in [0.25, 0.3) is 0 Å². The van der Waals surface area contributed by atoms with E-state index in [0.29, 0.717) is 5.57 Å². The highest BCUT2D eigenvalue weighted by molar-refractivity contribution is 7.22. The number of hydrogen-bond acceptors (Lipinski definition) is 3.